The number of carbonyl (C=O) groups is 2. The molecule has 3 rings (SSSR count). The van der Waals surface area contributed by atoms with Gasteiger partial charge in [0.1, 0.15) is 11.5 Å². The van der Waals surface area contributed by atoms with Crippen LogP contribution in [-0.2, 0) is 4.79 Å². The average molecular weight is 435 g/mol. The Morgan fingerprint density at radius 1 is 0.906 bits per heavy atom. The van der Waals surface area contributed by atoms with Crippen LogP contribution in [0.4, 0.5) is 5.69 Å². The Balaban J connectivity index is 1.61. The van der Waals surface area contributed by atoms with Crippen LogP contribution >= 0.6 is 0 Å². The fourth-order valence-electron chi connectivity index (χ4n) is 3.29. The molecule has 0 saturated carbocycles. The van der Waals surface area contributed by atoms with E-state index in [1.54, 1.807) is 17.0 Å². The number of benzene rings is 2. The highest BCUT2D eigenvalue weighted by Gasteiger charge is 2.20. The SMILES string of the molecule is CCCCCC(=O)NCCCN(C(=O)c1ccco1)c1ccc(Oc2ccccc2)cc1. The number of hydrogen-bond donors (Lipinski definition) is 1. The maximum atomic E-state index is 13.0. The van der Waals surface area contributed by atoms with E-state index in [4.69, 9.17) is 9.15 Å². The van der Waals surface area contributed by atoms with E-state index in [-0.39, 0.29) is 17.6 Å². The lowest BCUT2D eigenvalue weighted by Crippen LogP contribution is -2.34. The van der Waals surface area contributed by atoms with Gasteiger partial charge in [0.15, 0.2) is 5.76 Å². The minimum atomic E-state index is -0.221. The van der Waals surface area contributed by atoms with E-state index in [0.717, 1.165) is 30.7 Å². The topological polar surface area (TPSA) is 71.8 Å². The highest BCUT2D eigenvalue weighted by Crippen LogP contribution is 2.25. The summed E-state index contributed by atoms with van der Waals surface area (Å²) in [5.74, 6) is 1.55. The molecule has 3 aromatic rings. The molecule has 2 amide bonds. The number of ether oxygens (including phenoxy) is 1. The lowest BCUT2D eigenvalue weighted by molar-refractivity contribution is -0.121. The predicted molar refractivity (Wildman–Crippen MR) is 125 cm³/mol. The summed E-state index contributed by atoms with van der Waals surface area (Å²) in [6, 6.07) is 20.2. The van der Waals surface area contributed by atoms with Gasteiger partial charge in [-0.15, -0.1) is 0 Å². The molecule has 6 nitrogen and oxygen atoms in total. The van der Waals surface area contributed by atoms with Gasteiger partial charge in [0.25, 0.3) is 5.91 Å². The van der Waals surface area contributed by atoms with Gasteiger partial charge in [-0.3, -0.25) is 9.59 Å². The fourth-order valence-corrected chi connectivity index (χ4v) is 3.29. The number of para-hydroxylation sites is 1. The molecule has 2 aromatic carbocycles. The maximum absolute atomic E-state index is 13.0. The lowest BCUT2D eigenvalue weighted by atomic mass is 10.2. The van der Waals surface area contributed by atoms with Crippen molar-refractivity contribution in [2.45, 2.75) is 39.0 Å². The summed E-state index contributed by atoms with van der Waals surface area (Å²) < 4.78 is 11.2. The Labute approximate surface area is 189 Å². The molecule has 32 heavy (non-hydrogen) atoms. The highest BCUT2D eigenvalue weighted by atomic mass is 16.5. The Bertz CT molecular complexity index is 953. The zero-order valence-corrected chi connectivity index (χ0v) is 18.5. The molecule has 0 unspecified atom stereocenters. The summed E-state index contributed by atoms with van der Waals surface area (Å²) in [6.45, 7) is 3.08. The molecule has 0 radical (unpaired) electrons. The standard InChI is InChI=1S/C26H30N2O4/c1-2-3-5-13-25(29)27-18-9-19-28(26(30)24-12-8-20-31-24)21-14-16-23(17-15-21)32-22-10-6-4-7-11-22/h4,6-8,10-12,14-17,20H,2-3,5,9,13,18-19H2,1H3,(H,27,29). The first-order valence-corrected chi connectivity index (χ1v) is 11.1. The van der Waals surface area contributed by atoms with Crippen molar-refractivity contribution in [3.63, 3.8) is 0 Å². The van der Waals surface area contributed by atoms with E-state index >= 15 is 0 Å². The Kier molecular flexibility index (Phi) is 8.92. The third kappa shape index (κ3) is 7.01. The summed E-state index contributed by atoms with van der Waals surface area (Å²) >= 11 is 0. The molecule has 0 bridgehead atoms. The number of hydrogen-bond acceptors (Lipinski definition) is 4. The molecule has 168 valence electrons. The first kappa shape index (κ1) is 23.1. The number of furan rings is 1. The Morgan fingerprint density at radius 3 is 2.34 bits per heavy atom. The van der Waals surface area contributed by atoms with Gasteiger partial charge in [-0.25, -0.2) is 0 Å². The van der Waals surface area contributed by atoms with Gasteiger partial charge >= 0.3 is 0 Å². The zero-order chi connectivity index (χ0) is 22.6. The summed E-state index contributed by atoms with van der Waals surface area (Å²) in [7, 11) is 0. The summed E-state index contributed by atoms with van der Waals surface area (Å²) in [5, 5.41) is 2.94. The van der Waals surface area contributed by atoms with Gasteiger partial charge in [-0.05, 0) is 61.4 Å². The van der Waals surface area contributed by atoms with Crippen LogP contribution in [0.5, 0.6) is 11.5 Å². The van der Waals surface area contributed by atoms with Crippen LogP contribution in [0.2, 0.25) is 0 Å². The molecule has 0 fully saturated rings. The van der Waals surface area contributed by atoms with Gasteiger partial charge in [-0.2, -0.15) is 0 Å². The molecule has 1 N–H and O–H groups in total. The number of anilines is 1. The van der Waals surface area contributed by atoms with Crippen molar-refractivity contribution in [1.29, 1.82) is 0 Å². The number of carbonyl (C=O) groups excluding carboxylic acids is 2. The van der Waals surface area contributed by atoms with Gasteiger partial charge < -0.3 is 19.4 Å². The highest BCUT2D eigenvalue weighted by molar-refractivity contribution is 6.04. The van der Waals surface area contributed by atoms with E-state index < -0.39 is 0 Å². The van der Waals surface area contributed by atoms with E-state index in [9.17, 15) is 9.59 Å². The van der Waals surface area contributed by atoms with Crippen LogP contribution in [0.25, 0.3) is 0 Å². The number of amides is 2. The molecule has 6 heteroatoms. The summed E-state index contributed by atoms with van der Waals surface area (Å²) in [5.41, 5.74) is 0.737. The van der Waals surface area contributed by atoms with Crippen molar-refractivity contribution >= 4 is 17.5 Å². The van der Waals surface area contributed by atoms with Crippen molar-refractivity contribution < 1.29 is 18.7 Å². The lowest BCUT2D eigenvalue weighted by Gasteiger charge is -2.22. The molecule has 0 aliphatic heterocycles. The monoisotopic (exact) mass is 434 g/mol. The minimum Gasteiger partial charge on any atom is -0.459 e. The number of nitrogens with zero attached hydrogens (tertiary/aromatic N) is 1. The number of unbranched alkanes of at least 4 members (excludes halogenated alkanes) is 2. The van der Waals surface area contributed by atoms with E-state index in [0.29, 0.717) is 31.7 Å². The summed E-state index contributed by atoms with van der Waals surface area (Å²) in [6.07, 6.45) is 5.72. The Hall–Kier alpha value is -3.54. The van der Waals surface area contributed by atoms with Crippen LogP contribution in [0.15, 0.2) is 77.4 Å². The van der Waals surface area contributed by atoms with Crippen LogP contribution in [0.3, 0.4) is 0 Å². The molecule has 0 spiro atoms. The van der Waals surface area contributed by atoms with Gasteiger partial charge in [0.2, 0.25) is 5.91 Å². The maximum Gasteiger partial charge on any atom is 0.293 e. The largest absolute Gasteiger partial charge is 0.459 e. The van der Waals surface area contributed by atoms with Gasteiger partial charge in [0.05, 0.1) is 6.26 Å². The van der Waals surface area contributed by atoms with E-state index in [2.05, 4.69) is 12.2 Å². The second kappa shape index (κ2) is 12.3. The van der Waals surface area contributed by atoms with Gasteiger partial charge in [-0.1, -0.05) is 38.0 Å². The van der Waals surface area contributed by atoms with Crippen molar-refractivity contribution in [2.75, 3.05) is 18.0 Å². The van der Waals surface area contributed by atoms with E-state index in [1.807, 2.05) is 54.6 Å². The smallest absolute Gasteiger partial charge is 0.293 e. The van der Waals surface area contributed by atoms with Crippen molar-refractivity contribution in [3.8, 4) is 11.5 Å². The van der Waals surface area contributed by atoms with Crippen molar-refractivity contribution in [3.05, 3.63) is 78.8 Å². The molecule has 0 aliphatic rings. The average Bonchev–Trinajstić information content (AvgIpc) is 3.35. The van der Waals surface area contributed by atoms with Crippen LogP contribution in [0, 0.1) is 0 Å². The van der Waals surface area contributed by atoms with Crippen molar-refractivity contribution in [2.24, 2.45) is 0 Å². The zero-order valence-electron chi connectivity index (χ0n) is 18.5. The fraction of sp³-hybridized carbons (Fsp3) is 0.308. The molecular formula is C26H30N2O4. The Morgan fingerprint density at radius 2 is 1.66 bits per heavy atom. The van der Waals surface area contributed by atoms with E-state index in [1.165, 1.54) is 6.26 Å². The third-order valence-electron chi connectivity index (χ3n) is 4.99. The molecule has 0 atom stereocenters. The van der Waals surface area contributed by atoms with Gasteiger partial charge in [0, 0.05) is 25.2 Å². The quantitative estimate of drug-likeness (QED) is 0.365. The minimum absolute atomic E-state index is 0.0600. The normalized spacial score (nSPS) is 10.5. The van der Waals surface area contributed by atoms with Crippen LogP contribution in [-0.4, -0.2) is 24.9 Å². The van der Waals surface area contributed by atoms with Crippen LogP contribution in [0.1, 0.15) is 49.6 Å². The number of nitrogens with one attached hydrogen (secondary N) is 1. The predicted octanol–water partition coefficient (Wildman–Crippen LogP) is 5.81. The molecule has 1 aromatic heterocycles. The number of rotatable bonds is 12. The van der Waals surface area contributed by atoms with Crippen molar-refractivity contribution in [1.82, 2.24) is 5.32 Å². The molecule has 0 saturated heterocycles. The third-order valence-corrected chi connectivity index (χ3v) is 4.99. The molecule has 0 aliphatic carbocycles. The first-order valence-electron chi connectivity index (χ1n) is 11.1. The first-order chi connectivity index (χ1) is 15.7. The molecular weight excluding hydrogens is 404 g/mol. The summed E-state index contributed by atoms with van der Waals surface area (Å²) in [4.78, 5) is 26.6. The second-order valence-electron chi connectivity index (χ2n) is 7.50. The second-order valence-corrected chi connectivity index (χ2v) is 7.50. The van der Waals surface area contributed by atoms with Crippen LogP contribution < -0.4 is 15.0 Å². The molecule has 1 heterocycles.